The van der Waals surface area contributed by atoms with Crippen molar-refractivity contribution in [1.29, 1.82) is 0 Å². The summed E-state index contributed by atoms with van der Waals surface area (Å²) in [5.41, 5.74) is 0.383. The molecule has 2 atom stereocenters. The third-order valence-electron chi connectivity index (χ3n) is 9.44. The number of fused-ring (bicyclic) bond motifs is 1. The number of nitrogens with one attached hydrogen (secondary N) is 1. The lowest BCUT2D eigenvalue weighted by Crippen LogP contribution is -2.48. The number of rotatable bonds is 6. The van der Waals surface area contributed by atoms with Crippen LogP contribution in [-0.2, 0) is 22.2 Å². The molecule has 1 aromatic carbocycles. The van der Waals surface area contributed by atoms with Gasteiger partial charge in [0.15, 0.2) is 0 Å². The van der Waals surface area contributed by atoms with E-state index >= 15 is 4.39 Å². The van der Waals surface area contributed by atoms with Crippen LogP contribution >= 0.6 is 0 Å². The lowest BCUT2D eigenvalue weighted by atomic mass is 9.84. The van der Waals surface area contributed by atoms with Crippen molar-refractivity contribution in [2.24, 2.45) is 7.05 Å². The lowest BCUT2D eigenvalue weighted by molar-refractivity contribution is -0.135. The number of amides is 1. The maximum Gasteiger partial charge on any atom is 0.266 e. The second kappa shape index (κ2) is 12.9. The molecule has 2 aliphatic heterocycles. The average Bonchev–Trinajstić information content (AvgIpc) is 3.42. The second-order valence-corrected chi connectivity index (χ2v) is 12.1. The fraction of sp³-hybridized carbons (Fsp3) is 0.500. The van der Waals surface area contributed by atoms with Crippen molar-refractivity contribution in [2.75, 3.05) is 39.1 Å². The highest BCUT2D eigenvalue weighted by atomic mass is 19.3. The van der Waals surface area contributed by atoms with Crippen LogP contribution in [0, 0.1) is 24.6 Å². The summed E-state index contributed by atoms with van der Waals surface area (Å²) in [5, 5.41) is 3.82. The molecule has 5 rings (SSSR count). The number of alkyl halides is 2. The Morgan fingerprint density at radius 3 is 2.47 bits per heavy atom. The molecule has 0 unspecified atom stereocenters. The Labute approximate surface area is 261 Å². The van der Waals surface area contributed by atoms with E-state index in [0.29, 0.717) is 59.5 Å². The van der Waals surface area contributed by atoms with E-state index < -0.39 is 29.4 Å². The van der Waals surface area contributed by atoms with E-state index in [0.717, 1.165) is 25.5 Å². The summed E-state index contributed by atoms with van der Waals surface area (Å²) in [5.74, 6) is 6.04. The van der Waals surface area contributed by atoms with E-state index in [4.69, 9.17) is 9.72 Å². The summed E-state index contributed by atoms with van der Waals surface area (Å²) >= 11 is 0. The third kappa shape index (κ3) is 6.06. The van der Waals surface area contributed by atoms with Gasteiger partial charge in [0, 0.05) is 45.1 Å². The molecule has 4 heterocycles. The largest absolute Gasteiger partial charge is 0.373 e. The van der Waals surface area contributed by atoms with E-state index in [9.17, 15) is 18.4 Å². The van der Waals surface area contributed by atoms with Crippen molar-refractivity contribution in [3.05, 3.63) is 68.4 Å². The minimum atomic E-state index is -2.95. The number of ether oxygens (including phenoxy) is 1. The number of pyridine rings is 2. The van der Waals surface area contributed by atoms with Crippen molar-refractivity contribution in [1.82, 2.24) is 19.4 Å². The molecule has 0 saturated carbocycles. The Morgan fingerprint density at radius 1 is 1.18 bits per heavy atom. The molecular formula is C34H40F3N5O3. The average molecular weight is 624 g/mol. The molecule has 1 amide bonds. The van der Waals surface area contributed by atoms with Gasteiger partial charge in [0.1, 0.15) is 17.2 Å². The summed E-state index contributed by atoms with van der Waals surface area (Å²) in [6.07, 6.45) is -0.0967. The van der Waals surface area contributed by atoms with Crippen LogP contribution in [0.25, 0.3) is 10.9 Å². The number of hydrogen-bond donors (Lipinski definition) is 1. The van der Waals surface area contributed by atoms with Crippen LogP contribution in [0.3, 0.4) is 0 Å². The molecule has 0 radical (unpaired) electrons. The fourth-order valence-corrected chi connectivity index (χ4v) is 6.63. The van der Waals surface area contributed by atoms with Crippen LogP contribution in [0.5, 0.6) is 0 Å². The van der Waals surface area contributed by atoms with Crippen LogP contribution in [-0.4, -0.2) is 65.1 Å². The molecule has 0 spiro atoms. The predicted octanol–water partition coefficient (Wildman–Crippen LogP) is 5.42. The highest BCUT2D eigenvalue weighted by Crippen LogP contribution is 2.38. The predicted molar refractivity (Wildman–Crippen MR) is 168 cm³/mol. The molecule has 2 saturated heterocycles. The van der Waals surface area contributed by atoms with Crippen LogP contribution in [0.15, 0.2) is 29.1 Å². The number of piperidine rings is 1. The van der Waals surface area contributed by atoms with Crippen molar-refractivity contribution >= 4 is 22.6 Å². The molecule has 240 valence electrons. The van der Waals surface area contributed by atoms with E-state index in [1.165, 1.54) is 19.1 Å². The number of aryl methyl sites for hydroxylation is 2. The van der Waals surface area contributed by atoms with Crippen LogP contribution < -0.4 is 10.9 Å². The number of halogens is 3. The Hall–Kier alpha value is -3.88. The first-order chi connectivity index (χ1) is 21.4. The standard InChI is InChI=1S/C34H40F3N5O3/c1-20(24-10-7-11-26(29(24)35)31(36)37)38-32-27-19-28(34(45-6)14-17-42(18-15-34)22(3)43)33(44)41(5)30(27)25(21(2)39-32)13-12-23-9-8-16-40(23)4/h7,10-11,19-20,23,31H,8-9,14-18H2,1-6H3,(H,38,39)/t20-,23-/m1/s1. The number of nitrogens with zero attached hydrogens (tertiary/aromatic N) is 4. The summed E-state index contributed by atoms with van der Waals surface area (Å²) in [6.45, 7) is 6.84. The zero-order valence-electron chi connectivity index (χ0n) is 26.6. The summed E-state index contributed by atoms with van der Waals surface area (Å²) in [6, 6.07) is 5.07. The number of aromatic nitrogens is 2. The highest BCUT2D eigenvalue weighted by Gasteiger charge is 2.40. The molecular weight excluding hydrogens is 583 g/mol. The van der Waals surface area contributed by atoms with E-state index in [1.807, 2.05) is 14.0 Å². The number of carbonyl (C=O) groups is 1. The Kier molecular flexibility index (Phi) is 9.28. The zero-order chi connectivity index (χ0) is 32.6. The smallest absolute Gasteiger partial charge is 0.266 e. The van der Waals surface area contributed by atoms with Gasteiger partial charge >= 0.3 is 0 Å². The first kappa shape index (κ1) is 32.5. The van der Waals surface area contributed by atoms with Crippen LogP contribution in [0.1, 0.15) is 79.9 Å². The molecule has 45 heavy (non-hydrogen) atoms. The summed E-state index contributed by atoms with van der Waals surface area (Å²) < 4.78 is 49.8. The van der Waals surface area contributed by atoms with Gasteiger partial charge < -0.3 is 19.5 Å². The van der Waals surface area contributed by atoms with Crippen LogP contribution in [0.4, 0.5) is 19.0 Å². The maximum atomic E-state index is 15.2. The van der Waals surface area contributed by atoms with Crippen molar-refractivity contribution in [3.8, 4) is 11.8 Å². The van der Waals surface area contributed by atoms with Gasteiger partial charge in [-0.2, -0.15) is 0 Å². The minimum Gasteiger partial charge on any atom is -0.373 e. The maximum absolute atomic E-state index is 15.2. The van der Waals surface area contributed by atoms with Crippen molar-refractivity contribution in [2.45, 2.75) is 70.6 Å². The molecule has 1 N–H and O–H groups in total. The van der Waals surface area contributed by atoms with Crippen molar-refractivity contribution < 1.29 is 22.7 Å². The molecule has 11 heteroatoms. The minimum absolute atomic E-state index is 0.0365. The van der Waals surface area contributed by atoms with Gasteiger partial charge in [-0.3, -0.25) is 14.5 Å². The highest BCUT2D eigenvalue weighted by molar-refractivity contribution is 5.95. The molecule has 2 aromatic heterocycles. The molecule has 8 nitrogen and oxygen atoms in total. The van der Waals surface area contributed by atoms with Gasteiger partial charge in [0.25, 0.3) is 12.0 Å². The number of hydrogen-bond acceptors (Lipinski definition) is 6. The monoisotopic (exact) mass is 623 g/mol. The van der Waals surface area contributed by atoms with Crippen LogP contribution in [0.2, 0.25) is 0 Å². The third-order valence-corrected chi connectivity index (χ3v) is 9.44. The van der Waals surface area contributed by atoms with Crippen molar-refractivity contribution in [3.63, 3.8) is 0 Å². The van der Waals surface area contributed by atoms with Gasteiger partial charge in [-0.15, -0.1) is 0 Å². The summed E-state index contributed by atoms with van der Waals surface area (Å²) in [4.78, 5) is 35.0. The van der Waals surface area contributed by atoms with Gasteiger partial charge in [0.2, 0.25) is 5.91 Å². The molecule has 2 fully saturated rings. The Morgan fingerprint density at radius 2 is 1.87 bits per heavy atom. The topological polar surface area (TPSA) is 79.7 Å². The fourth-order valence-electron chi connectivity index (χ4n) is 6.63. The zero-order valence-corrected chi connectivity index (χ0v) is 26.6. The molecule has 3 aromatic rings. The second-order valence-electron chi connectivity index (χ2n) is 12.1. The normalized spacial score (nSPS) is 19.1. The van der Waals surface area contributed by atoms with E-state index in [-0.39, 0.29) is 23.1 Å². The number of anilines is 1. The molecule has 0 aliphatic carbocycles. The number of carbonyl (C=O) groups excluding carboxylic acids is 1. The first-order valence-electron chi connectivity index (χ1n) is 15.3. The number of likely N-dealkylation sites (tertiary alicyclic amines) is 2. The lowest BCUT2D eigenvalue weighted by Gasteiger charge is -2.40. The SMILES string of the molecule is COC1(c2cc3c(N[C@H](C)c4cccc(C(F)F)c4F)nc(C)c(C#C[C@H]4CCCN4C)c3n(C)c2=O)CCN(C(C)=O)CC1. The number of methoxy groups -OCH3 is 1. The molecule has 2 aliphatic rings. The van der Waals surface area contributed by atoms with Gasteiger partial charge in [-0.25, -0.2) is 18.2 Å². The van der Waals surface area contributed by atoms with Gasteiger partial charge in [0.05, 0.1) is 40.0 Å². The first-order valence-corrected chi connectivity index (χ1v) is 15.3. The van der Waals surface area contributed by atoms with E-state index in [1.54, 1.807) is 36.6 Å². The molecule has 0 bridgehead atoms. The quantitative estimate of drug-likeness (QED) is 0.370. The summed E-state index contributed by atoms with van der Waals surface area (Å²) in [7, 11) is 5.29. The van der Waals surface area contributed by atoms with Gasteiger partial charge in [-0.05, 0) is 59.2 Å². The van der Waals surface area contributed by atoms with Gasteiger partial charge in [-0.1, -0.05) is 30.0 Å². The Balaban J connectivity index is 1.69. The number of benzene rings is 1. The van der Waals surface area contributed by atoms with E-state index in [2.05, 4.69) is 22.1 Å². The Bertz CT molecular complexity index is 1740.